The van der Waals surface area contributed by atoms with E-state index in [-0.39, 0.29) is 6.04 Å². The van der Waals surface area contributed by atoms with Gasteiger partial charge >= 0.3 is 0 Å². The van der Waals surface area contributed by atoms with Crippen LogP contribution in [0.5, 0.6) is 0 Å². The fourth-order valence-electron chi connectivity index (χ4n) is 2.29. The summed E-state index contributed by atoms with van der Waals surface area (Å²) in [6.45, 7) is 6.54. The fourth-order valence-corrected chi connectivity index (χ4v) is 2.29. The minimum atomic E-state index is 0.266. The molecule has 1 atom stereocenters. The van der Waals surface area contributed by atoms with Gasteiger partial charge in [0.25, 0.3) is 0 Å². The lowest BCUT2D eigenvalue weighted by molar-refractivity contribution is 0.618. The van der Waals surface area contributed by atoms with Crippen molar-refractivity contribution in [1.29, 1.82) is 0 Å². The van der Waals surface area contributed by atoms with Gasteiger partial charge in [0, 0.05) is 18.2 Å². The van der Waals surface area contributed by atoms with Gasteiger partial charge in [0.05, 0.1) is 12.7 Å². The highest BCUT2D eigenvalue weighted by molar-refractivity contribution is 5.28. The summed E-state index contributed by atoms with van der Waals surface area (Å²) >= 11 is 0. The highest BCUT2D eigenvalue weighted by Crippen LogP contribution is 2.21. The van der Waals surface area contributed by atoms with E-state index in [0.29, 0.717) is 0 Å². The van der Waals surface area contributed by atoms with Crippen molar-refractivity contribution in [1.82, 2.24) is 9.78 Å². The Bertz CT molecular complexity index is 466. The second-order valence-corrected chi connectivity index (χ2v) is 4.42. The molecule has 0 saturated carbocycles. The molecule has 90 valence electrons. The molecule has 2 N–H and O–H groups in total. The molecule has 1 aromatic heterocycles. The fraction of sp³-hybridized carbons (Fsp3) is 0.357. The SMILES string of the molecule is C=C/C=C(\C=C/C)Cn1ncc2c1CC(N)C2. The molecule has 1 heterocycles. The molecule has 0 aromatic carbocycles. The standard InChI is InChI=1S/C14H19N3/c1-3-5-11(6-4-2)10-17-14-8-13(15)7-12(14)9-16-17/h3-6,9,13H,1,7-8,10,15H2,2H3/b6-4-,11-5+. The van der Waals surface area contributed by atoms with Crippen LogP contribution in [-0.2, 0) is 19.4 Å². The topological polar surface area (TPSA) is 43.8 Å². The van der Waals surface area contributed by atoms with Gasteiger partial charge in [-0.3, -0.25) is 4.68 Å². The van der Waals surface area contributed by atoms with Crippen molar-refractivity contribution in [3.8, 4) is 0 Å². The summed E-state index contributed by atoms with van der Waals surface area (Å²) in [6.07, 6.45) is 11.8. The third-order valence-electron chi connectivity index (χ3n) is 3.02. The molecular weight excluding hydrogens is 210 g/mol. The molecular formula is C14H19N3. The van der Waals surface area contributed by atoms with E-state index >= 15 is 0 Å². The molecule has 0 fully saturated rings. The molecule has 0 aliphatic heterocycles. The number of hydrogen-bond acceptors (Lipinski definition) is 2. The number of nitrogens with zero attached hydrogens (tertiary/aromatic N) is 2. The highest BCUT2D eigenvalue weighted by atomic mass is 15.3. The van der Waals surface area contributed by atoms with Crippen molar-refractivity contribution in [3.63, 3.8) is 0 Å². The summed E-state index contributed by atoms with van der Waals surface area (Å²) in [5.74, 6) is 0. The summed E-state index contributed by atoms with van der Waals surface area (Å²) in [7, 11) is 0. The van der Waals surface area contributed by atoms with Gasteiger partial charge in [-0.2, -0.15) is 5.10 Å². The third-order valence-corrected chi connectivity index (χ3v) is 3.02. The first kappa shape index (κ1) is 11.9. The Hall–Kier alpha value is -1.61. The van der Waals surface area contributed by atoms with Crippen molar-refractivity contribution < 1.29 is 0 Å². The first-order chi connectivity index (χ1) is 8.24. The van der Waals surface area contributed by atoms with Crippen LogP contribution in [0.1, 0.15) is 18.2 Å². The zero-order valence-corrected chi connectivity index (χ0v) is 10.3. The van der Waals surface area contributed by atoms with E-state index in [4.69, 9.17) is 5.73 Å². The zero-order valence-electron chi connectivity index (χ0n) is 10.3. The Morgan fingerprint density at radius 1 is 1.65 bits per heavy atom. The normalized spacial score (nSPS) is 19.9. The Morgan fingerprint density at radius 3 is 3.18 bits per heavy atom. The lowest BCUT2D eigenvalue weighted by Crippen LogP contribution is -2.20. The van der Waals surface area contributed by atoms with Crippen LogP contribution in [0.25, 0.3) is 0 Å². The molecule has 3 heteroatoms. The Morgan fingerprint density at radius 2 is 2.47 bits per heavy atom. The molecule has 0 amide bonds. The van der Waals surface area contributed by atoms with E-state index in [0.717, 1.165) is 19.4 Å². The summed E-state index contributed by atoms with van der Waals surface area (Å²) < 4.78 is 2.05. The van der Waals surface area contributed by atoms with Crippen LogP contribution in [0.4, 0.5) is 0 Å². The van der Waals surface area contributed by atoms with Crippen LogP contribution in [0, 0.1) is 0 Å². The lowest BCUT2D eigenvalue weighted by atomic mass is 10.2. The largest absolute Gasteiger partial charge is 0.327 e. The Labute approximate surface area is 102 Å². The van der Waals surface area contributed by atoms with Gasteiger partial charge in [-0.15, -0.1) is 0 Å². The second-order valence-electron chi connectivity index (χ2n) is 4.42. The molecule has 2 rings (SSSR count). The predicted molar refractivity (Wildman–Crippen MR) is 70.7 cm³/mol. The maximum atomic E-state index is 5.96. The Kier molecular flexibility index (Phi) is 3.59. The molecule has 0 bridgehead atoms. The highest BCUT2D eigenvalue weighted by Gasteiger charge is 2.22. The number of hydrogen-bond donors (Lipinski definition) is 1. The molecule has 3 nitrogen and oxygen atoms in total. The summed E-state index contributed by atoms with van der Waals surface area (Å²) in [6, 6.07) is 0.266. The quantitative estimate of drug-likeness (QED) is 0.802. The van der Waals surface area contributed by atoms with Crippen LogP contribution in [-0.4, -0.2) is 15.8 Å². The minimum absolute atomic E-state index is 0.266. The van der Waals surface area contributed by atoms with E-state index in [2.05, 4.69) is 22.4 Å². The van der Waals surface area contributed by atoms with Gasteiger partial charge in [-0.05, 0) is 24.5 Å². The monoisotopic (exact) mass is 229 g/mol. The molecule has 1 aliphatic carbocycles. The van der Waals surface area contributed by atoms with Gasteiger partial charge in [-0.25, -0.2) is 0 Å². The van der Waals surface area contributed by atoms with Crippen molar-refractivity contribution in [3.05, 3.63) is 53.9 Å². The van der Waals surface area contributed by atoms with Crippen LogP contribution in [0.15, 0.2) is 42.7 Å². The van der Waals surface area contributed by atoms with Crippen LogP contribution in [0.3, 0.4) is 0 Å². The van der Waals surface area contributed by atoms with E-state index in [9.17, 15) is 0 Å². The van der Waals surface area contributed by atoms with Gasteiger partial charge in [0.15, 0.2) is 0 Å². The van der Waals surface area contributed by atoms with Crippen LogP contribution < -0.4 is 5.73 Å². The van der Waals surface area contributed by atoms with Crippen LogP contribution >= 0.6 is 0 Å². The molecule has 0 spiro atoms. The lowest BCUT2D eigenvalue weighted by Gasteiger charge is -2.07. The minimum Gasteiger partial charge on any atom is -0.327 e. The first-order valence-electron chi connectivity index (χ1n) is 5.98. The average molecular weight is 229 g/mol. The van der Waals surface area contributed by atoms with Gasteiger partial charge in [0.2, 0.25) is 0 Å². The molecule has 1 aliphatic rings. The molecule has 17 heavy (non-hydrogen) atoms. The molecule has 1 unspecified atom stereocenters. The Balaban J connectivity index is 2.19. The number of rotatable bonds is 4. The van der Waals surface area contributed by atoms with Gasteiger partial charge in [-0.1, -0.05) is 30.9 Å². The first-order valence-corrected chi connectivity index (χ1v) is 5.98. The number of nitrogens with two attached hydrogens (primary N) is 1. The van der Waals surface area contributed by atoms with Crippen molar-refractivity contribution >= 4 is 0 Å². The molecule has 0 saturated heterocycles. The van der Waals surface area contributed by atoms with Gasteiger partial charge < -0.3 is 5.73 Å². The van der Waals surface area contributed by atoms with E-state index < -0.39 is 0 Å². The maximum Gasteiger partial charge on any atom is 0.0662 e. The summed E-state index contributed by atoms with van der Waals surface area (Å²) in [4.78, 5) is 0. The maximum absolute atomic E-state index is 5.96. The molecule has 0 radical (unpaired) electrons. The number of aromatic nitrogens is 2. The number of allylic oxidation sites excluding steroid dienone is 5. The number of fused-ring (bicyclic) bond motifs is 1. The molecule has 1 aromatic rings. The van der Waals surface area contributed by atoms with Crippen LogP contribution in [0.2, 0.25) is 0 Å². The van der Waals surface area contributed by atoms with Crippen molar-refractivity contribution in [2.75, 3.05) is 0 Å². The predicted octanol–water partition coefficient (Wildman–Crippen LogP) is 2.00. The summed E-state index contributed by atoms with van der Waals surface area (Å²) in [5.41, 5.74) is 9.75. The van der Waals surface area contributed by atoms with Crippen molar-refractivity contribution in [2.24, 2.45) is 5.73 Å². The van der Waals surface area contributed by atoms with E-state index in [1.54, 1.807) is 0 Å². The van der Waals surface area contributed by atoms with E-state index in [1.165, 1.54) is 16.8 Å². The third kappa shape index (κ3) is 2.56. The van der Waals surface area contributed by atoms with Crippen molar-refractivity contribution in [2.45, 2.75) is 32.4 Å². The second kappa shape index (κ2) is 5.15. The average Bonchev–Trinajstić information content (AvgIpc) is 2.80. The zero-order chi connectivity index (χ0) is 12.3. The van der Waals surface area contributed by atoms with Gasteiger partial charge in [0.1, 0.15) is 0 Å². The summed E-state index contributed by atoms with van der Waals surface area (Å²) in [5, 5.41) is 4.43. The van der Waals surface area contributed by atoms with E-state index in [1.807, 2.05) is 31.3 Å². The smallest absolute Gasteiger partial charge is 0.0662 e.